The molecule has 0 spiro atoms. The highest BCUT2D eigenvalue weighted by Crippen LogP contribution is 2.31. The van der Waals surface area contributed by atoms with Crippen molar-refractivity contribution >= 4 is 17.3 Å². The lowest BCUT2D eigenvalue weighted by atomic mass is 10.0. The Morgan fingerprint density at radius 2 is 2.10 bits per heavy atom. The Morgan fingerprint density at radius 3 is 2.70 bits per heavy atom. The van der Waals surface area contributed by atoms with Crippen molar-refractivity contribution in [3.05, 3.63) is 38.9 Å². The number of nitrogens with zero attached hydrogens (tertiary/aromatic N) is 2. The summed E-state index contributed by atoms with van der Waals surface area (Å²) >= 11 is 5.91. The van der Waals surface area contributed by atoms with Gasteiger partial charge >= 0.3 is 0 Å². The summed E-state index contributed by atoms with van der Waals surface area (Å²) in [6, 6.07) is 4.57. The van der Waals surface area contributed by atoms with Crippen molar-refractivity contribution < 1.29 is 10.0 Å². The molecule has 20 heavy (non-hydrogen) atoms. The third-order valence-electron chi connectivity index (χ3n) is 3.78. The zero-order valence-corrected chi connectivity index (χ0v) is 12.3. The summed E-state index contributed by atoms with van der Waals surface area (Å²) in [5.74, 6) is 0. The van der Waals surface area contributed by atoms with Gasteiger partial charge in [0.2, 0.25) is 0 Å². The van der Waals surface area contributed by atoms with E-state index in [1.807, 2.05) is 11.9 Å². The second kappa shape index (κ2) is 6.08. The summed E-state index contributed by atoms with van der Waals surface area (Å²) < 4.78 is 0. The van der Waals surface area contributed by atoms with Crippen LogP contribution in [-0.2, 0) is 6.54 Å². The van der Waals surface area contributed by atoms with Gasteiger partial charge in [-0.3, -0.25) is 15.0 Å². The van der Waals surface area contributed by atoms with E-state index < -0.39 is 10.5 Å². The first-order chi connectivity index (χ1) is 9.39. The van der Waals surface area contributed by atoms with Crippen molar-refractivity contribution in [1.82, 2.24) is 4.90 Å². The molecule has 0 bridgehead atoms. The molecule has 1 fully saturated rings. The van der Waals surface area contributed by atoms with Gasteiger partial charge in [-0.25, -0.2) is 0 Å². The molecule has 1 aromatic carbocycles. The van der Waals surface area contributed by atoms with Crippen molar-refractivity contribution in [2.24, 2.45) is 0 Å². The van der Waals surface area contributed by atoms with Gasteiger partial charge in [-0.15, -0.1) is 0 Å². The number of nitro benzene ring substituents is 1. The average Bonchev–Trinajstić information content (AvgIpc) is 2.74. The van der Waals surface area contributed by atoms with Crippen LogP contribution < -0.4 is 0 Å². The number of nitro groups is 1. The minimum Gasteiger partial charge on any atom is -0.389 e. The van der Waals surface area contributed by atoms with Gasteiger partial charge in [-0.05, 0) is 32.0 Å². The summed E-state index contributed by atoms with van der Waals surface area (Å²) in [5, 5.41) is 21.9. The smallest absolute Gasteiger partial charge is 0.273 e. The predicted molar refractivity (Wildman–Crippen MR) is 77.9 cm³/mol. The number of rotatable bonds is 5. The number of likely N-dealkylation sites (N-methyl/N-ethyl adjacent to an activating group) is 1. The number of benzene rings is 1. The van der Waals surface area contributed by atoms with Crippen LogP contribution in [0.15, 0.2) is 18.2 Å². The van der Waals surface area contributed by atoms with Gasteiger partial charge in [0.15, 0.2) is 0 Å². The molecule has 0 aliphatic heterocycles. The van der Waals surface area contributed by atoms with Crippen molar-refractivity contribution in [1.29, 1.82) is 0 Å². The molecule has 0 aromatic heterocycles. The average molecular weight is 299 g/mol. The number of halogens is 1. The maximum atomic E-state index is 11.0. The summed E-state index contributed by atoms with van der Waals surface area (Å²) in [6.45, 7) is 0.926. The van der Waals surface area contributed by atoms with Crippen molar-refractivity contribution in [3.63, 3.8) is 0 Å². The summed E-state index contributed by atoms with van der Waals surface area (Å²) in [5.41, 5.74) is -0.00601. The van der Waals surface area contributed by atoms with E-state index in [0.29, 0.717) is 23.7 Å². The van der Waals surface area contributed by atoms with Crippen molar-refractivity contribution in [2.45, 2.75) is 37.8 Å². The SMILES string of the molecule is CN(Cc1cc(Cl)ccc1[N+](=O)[O-])CC1(O)CCCC1. The van der Waals surface area contributed by atoms with E-state index in [1.54, 1.807) is 6.07 Å². The van der Waals surface area contributed by atoms with E-state index in [2.05, 4.69) is 0 Å². The Hall–Kier alpha value is -1.17. The summed E-state index contributed by atoms with van der Waals surface area (Å²) in [4.78, 5) is 12.5. The molecule has 5 nitrogen and oxygen atoms in total. The Bertz CT molecular complexity index is 501. The molecule has 6 heteroatoms. The lowest BCUT2D eigenvalue weighted by Crippen LogP contribution is -2.38. The first-order valence-corrected chi connectivity index (χ1v) is 7.11. The number of hydrogen-bond acceptors (Lipinski definition) is 4. The normalized spacial score (nSPS) is 17.6. The number of hydrogen-bond donors (Lipinski definition) is 1. The molecule has 0 saturated heterocycles. The predicted octanol–water partition coefficient (Wildman–Crippen LogP) is 2.99. The Morgan fingerprint density at radius 1 is 1.45 bits per heavy atom. The first-order valence-electron chi connectivity index (χ1n) is 6.73. The molecule has 0 heterocycles. The van der Waals surface area contributed by atoms with Crippen LogP contribution in [0.25, 0.3) is 0 Å². The van der Waals surface area contributed by atoms with Gasteiger partial charge in [-0.1, -0.05) is 24.4 Å². The molecule has 1 aliphatic rings. The third kappa shape index (κ3) is 3.69. The van der Waals surface area contributed by atoms with Crippen LogP contribution in [0.5, 0.6) is 0 Å². The Labute approximate surface area is 123 Å². The van der Waals surface area contributed by atoms with Crippen LogP contribution >= 0.6 is 11.6 Å². The summed E-state index contributed by atoms with van der Waals surface area (Å²) in [7, 11) is 1.86. The van der Waals surface area contributed by atoms with Gasteiger partial charge < -0.3 is 5.11 Å². The minimum atomic E-state index is -0.651. The van der Waals surface area contributed by atoms with Crippen molar-refractivity contribution in [3.8, 4) is 0 Å². The van der Waals surface area contributed by atoms with E-state index in [4.69, 9.17) is 11.6 Å². The molecular formula is C14H19ClN2O3. The molecule has 0 radical (unpaired) electrons. The molecule has 0 unspecified atom stereocenters. The Balaban J connectivity index is 2.08. The molecule has 0 atom stereocenters. The van der Waals surface area contributed by atoms with Gasteiger partial charge in [0.1, 0.15) is 0 Å². The highest BCUT2D eigenvalue weighted by atomic mass is 35.5. The molecule has 1 aromatic rings. The quantitative estimate of drug-likeness (QED) is 0.670. The number of aliphatic hydroxyl groups is 1. The van der Waals surface area contributed by atoms with Crippen LogP contribution in [0.1, 0.15) is 31.2 Å². The second-order valence-electron chi connectivity index (χ2n) is 5.63. The Kier molecular flexibility index (Phi) is 4.62. The van der Waals surface area contributed by atoms with Crippen molar-refractivity contribution in [2.75, 3.05) is 13.6 Å². The zero-order chi connectivity index (χ0) is 14.8. The van der Waals surface area contributed by atoms with E-state index in [0.717, 1.165) is 25.7 Å². The fourth-order valence-corrected chi connectivity index (χ4v) is 3.09. The monoisotopic (exact) mass is 298 g/mol. The first kappa shape index (κ1) is 15.2. The fraction of sp³-hybridized carbons (Fsp3) is 0.571. The zero-order valence-electron chi connectivity index (χ0n) is 11.5. The van der Waals surface area contributed by atoms with E-state index >= 15 is 0 Å². The van der Waals surface area contributed by atoms with Gasteiger partial charge in [-0.2, -0.15) is 0 Å². The lowest BCUT2D eigenvalue weighted by Gasteiger charge is -2.28. The molecule has 1 aliphatic carbocycles. The van der Waals surface area contributed by atoms with Crippen LogP contribution in [0, 0.1) is 10.1 Å². The van der Waals surface area contributed by atoms with Crippen LogP contribution in [0.4, 0.5) is 5.69 Å². The molecule has 2 rings (SSSR count). The molecular weight excluding hydrogens is 280 g/mol. The van der Waals surface area contributed by atoms with E-state index in [1.165, 1.54) is 12.1 Å². The molecule has 110 valence electrons. The highest BCUT2D eigenvalue weighted by Gasteiger charge is 2.32. The maximum absolute atomic E-state index is 11.0. The van der Waals surface area contributed by atoms with Crippen LogP contribution in [0.2, 0.25) is 5.02 Å². The topological polar surface area (TPSA) is 66.6 Å². The van der Waals surface area contributed by atoms with E-state index in [-0.39, 0.29) is 5.69 Å². The fourth-order valence-electron chi connectivity index (χ4n) is 2.90. The van der Waals surface area contributed by atoms with Crippen LogP contribution in [0.3, 0.4) is 0 Å². The van der Waals surface area contributed by atoms with Gasteiger partial charge in [0.05, 0.1) is 10.5 Å². The van der Waals surface area contributed by atoms with E-state index in [9.17, 15) is 15.2 Å². The molecule has 0 amide bonds. The van der Waals surface area contributed by atoms with Gasteiger partial charge in [0.25, 0.3) is 5.69 Å². The molecule has 1 saturated carbocycles. The van der Waals surface area contributed by atoms with Crippen LogP contribution in [-0.4, -0.2) is 34.1 Å². The standard InChI is InChI=1S/C14H19ClN2O3/c1-16(10-14(18)6-2-3-7-14)9-11-8-12(15)4-5-13(11)17(19)20/h4-5,8,18H,2-3,6-7,9-10H2,1H3. The maximum Gasteiger partial charge on any atom is 0.273 e. The minimum absolute atomic E-state index is 0.0691. The molecule has 1 N–H and O–H groups in total. The summed E-state index contributed by atoms with van der Waals surface area (Å²) in [6.07, 6.45) is 3.69. The third-order valence-corrected chi connectivity index (χ3v) is 4.01. The second-order valence-corrected chi connectivity index (χ2v) is 6.07. The van der Waals surface area contributed by atoms with Gasteiger partial charge in [0, 0.05) is 29.7 Å². The largest absolute Gasteiger partial charge is 0.389 e. The lowest BCUT2D eigenvalue weighted by molar-refractivity contribution is -0.385. The highest BCUT2D eigenvalue weighted by molar-refractivity contribution is 6.30.